The van der Waals surface area contributed by atoms with E-state index in [1.807, 2.05) is 0 Å². The van der Waals surface area contributed by atoms with E-state index in [-0.39, 0.29) is 4.47 Å². The third-order valence-electron chi connectivity index (χ3n) is 1.70. The molecule has 1 N–H and O–H groups in total. The second-order valence-corrected chi connectivity index (χ2v) is 3.81. The number of hydrogen-bond donors (Lipinski definition) is 1. The van der Waals surface area contributed by atoms with E-state index in [0.717, 1.165) is 12.1 Å². The maximum atomic E-state index is 13.2. The zero-order valence-corrected chi connectivity index (χ0v) is 8.89. The van der Waals surface area contributed by atoms with Gasteiger partial charge >= 0.3 is 5.97 Å². The number of carbonyl (C=O) groups is 1. The normalized spacial score (nSPS) is 11.5. The van der Waals surface area contributed by atoms with Gasteiger partial charge in [0, 0.05) is 4.47 Å². The average molecular weight is 283 g/mol. The minimum atomic E-state index is -3.71. The Morgan fingerprint density at radius 1 is 1.47 bits per heavy atom. The highest BCUT2D eigenvalue weighted by Gasteiger charge is 2.37. The molecule has 0 aliphatic rings. The summed E-state index contributed by atoms with van der Waals surface area (Å²) in [5.74, 6) is -6.51. The van der Waals surface area contributed by atoms with Gasteiger partial charge in [-0.1, -0.05) is 15.9 Å². The van der Waals surface area contributed by atoms with Gasteiger partial charge in [0.1, 0.15) is 12.2 Å². The van der Waals surface area contributed by atoms with Crippen LogP contribution in [0.3, 0.4) is 0 Å². The summed E-state index contributed by atoms with van der Waals surface area (Å²) in [5, 5.41) is 8.26. The fourth-order valence-corrected chi connectivity index (χ4v) is 1.42. The monoisotopic (exact) mass is 282 g/mol. The van der Waals surface area contributed by atoms with Crippen LogP contribution >= 0.6 is 15.9 Å². The summed E-state index contributed by atoms with van der Waals surface area (Å²) in [5.41, 5.74) is -0.917. The number of aliphatic carboxylic acids is 1. The predicted molar refractivity (Wildman–Crippen MR) is 50.2 cm³/mol. The molecule has 1 aromatic carbocycles. The van der Waals surface area contributed by atoms with Gasteiger partial charge in [-0.25, -0.2) is 13.2 Å². The van der Waals surface area contributed by atoms with Crippen molar-refractivity contribution in [2.45, 2.75) is 12.3 Å². The van der Waals surface area contributed by atoms with Gasteiger partial charge in [-0.3, -0.25) is 4.79 Å². The maximum absolute atomic E-state index is 13.2. The molecule has 6 heteroatoms. The second-order valence-electron chi connectivity index (χ2n) is 2.90. The van der Waals surface area contributed by atoms with Gasteiger partial charge in [0.25, 0.3) is 5.92 Å². The smallest absolute Gasteiger partial charge is 0.309 e. The van der Waals surface area contributed by atoms with E-state index >= 15 is 0 Å². The first-order valence-corrected chi connectivity index (χ1v) is 4.67. The number of hydrogen-bond acceptors (Lipinski definition) is 1. The second kappa shape index (κ2) is 4.22. The molecule has 82 valence electrons. The summed E-state index contributed by atoms with van der Waals surface area (Å²) in [7, 11) is 0. The maximum Gasteiger partial charge on any atom is 0.309 e. The molecular formula is C9H6BrF3O2. The molecular weight excluding hydrogens is 277 g/mol. The average Bonchev–Trinajstić information content (AvgIpc) is 2.06. The Balaban J connectivity index is 3.13. The summed E-state index contributed by atoms with van der Waals surface area (Å²) in [4.78, 5) is 10.2. The molecule has 0 aliphatic heterocycles. The van der Waals surface area contributed by atoms with Crippen molar-refractivity contribution in [3.05, 3.63) is 34.1 Å². The van der Waals surface area contributed by atoms with Crippen molar-refractivity contribution in [3.8, 4) is 0 Å². The highest BCUT2D eigenvalue weighted by atomic mass is 79.9. The Hall–Kier alpha value is -1.04. The van der Waals surface area contributed by atoms with Gasteiger partial charge in [-0.05, 0) is 18.2 Å². The summed E-state index contributed by atoms with van der Waals surface area (Å²) < 4.78 is 39.7. The number of carboxylic acid groups (broad SMARTS) is 1. The third-order valence-corrected chi connectivity index (χ3v) is 2.19. The largest absolute Gasteiger partial charge is 0.481 e. The molecule has 0 aromatic heterocycles. The minimum absolute atomic E-state index is 0.268. The highest BCUT2D eigenvalue weighted by Crippen LogP contribution is 2.34. The third kappa shape index (κ3) is 2.95. The summed E-state index contributed by atoms with van der Waals surface area (Å²) in [6, 6.07) is 2.99. The van der Waals surface area contributed by atoms with Crippen molar-refractivity contribution in [1.29, 1.82) is 0 Å². The van der Waals surface area contributed by atoms with Crippen LogP contribution in [0, 0.1) is 5.82 Å². The van der Waals surface area contributed by atoms with E-state index in [0.29, 0.717) is 0 Å². The molecule has 15 heavy (non-hydrogen) atoms. The van der Waals surface area contributed by atoms with Crippen LogP contribution < -0.4 is 0 Å². The molecule has 0 spiro atoms. The Kier molecular flexibility index (Phi) is 3.38. The topological polar surface area (TPSA) is 37.3 Å². The Morgan fingerprint density at radius 2 is 2.07 bits per heavy atom. The zero-order valence-electron chi connectivity index (χ0n) is 7.31. The van der Waals surface area contributed by atoms with Gasteiger partial charge < -0.3 is 5.11 Å². The molecule has 0 amide bonds. The van der Waals surface area contributed by atoms with Crippen LogP contribution in [0.2, 0.25) is 0 Å². The number of halogens is 4. The van der Waals surface area contributed by atoms with Crippen molar-refractivity contribution < 1.29 is 23.1 Å². The van der Waals surface area contributed by atoms with E-state index in [4.69, 9.17) is 5.11 Å². The van der Waals surface area contributed by atoms with E-state index in [1.54, 1.807) is 0 Å². The summed E-state index contributed by atoms with van der Waals surface area (Å²) in [6.07, 6.45) is -1.43. The van der Waals surface area contributed by atoms with E-state index < -0.39 is 29.7 Å². The number of rotatable bonds is 3. The summed E-state index contributed by atoms with van der Waals surface area (Å²) in [6.45, 7) is 0. The first kappa shape index (κ1) is 12.0. The molecule has 0 saturated carbocycles. The molecule has 0 atom stereocenters. The lowest BCUT2D eigenvalue weighted by Gasteiger charge is -2.15. The van der Waals surface area contributed by atoms with E-state index in [9.17, 15) is 18.0 Å². The highest BCUT2D eigenvalue weighted by molar-refractivity contribution is 9.10. The fourth-order valence-electron chi connectivity index (χ4n) is 1.06. The number of carboxylic acids is 1. The number of benzene rings is 1. The van der Waals surface area contributed by atoms with Crippen molar-refractivity contribution in [1.82, 2.24) is 0 Å². The lowest BCUT2D eigenvalue weighted by Crippen LogP contribution is -2.20. The Bertz CT molecular complexity index is 393. The standard InChI is InChI=1S/C9H6BrF3O2/c10-5-1-2-7(11)6(3-5)9(12,13)4-8(14)15/h1-3H,4H2,(H,14,15). The Morgan fingerprint density at radius 3 is 2.60 bits per heavy atom. The van der Waals surface area contributed by atoms with Crippen molar-refractivity contribution >= 4 is 21.9 Å². The van der Waals surface area contributed by atoms with Crippen molar-refractivity contribution in [2.75, 3.05) is 0 Å². The molecule has 0 radical (unpaired) electrons. The van der Waals surface area contributed by atoms with Gasteiger partial charge in [0.05, 0.1) is 5.56 Å². The van der Waals surface area contributed by atoms with Crippen LogP contribution in [-0.4, -0.2) is 11.1 Å². The lowest BCUT2D eigenvalue weighted by molar-refractivity contribution is -0.145. The molecule has 1 rings (SSSR count). The summed E-state index contributed by atoms with van der Waals surface area (Å²) >= 11 is 2.91. The SMILES string of the molecule is O=C(O)CC(F)(F)c1cc(Br)ccc1F. The molecule has 0 fully saturated rings. The van der Waals surface area contributed by atoms with Crippen LogP contribution in [0.4, 0.5) is 13.2 Å². The van der Waals surface area contributed by atoms with Crippen molar-refractivity contribution in [3.63, 3.8) is 0 Å². The minimum Gasteiger partial charge on any atom is -0.481 e. The van der Waals surface area contributed by atoms with Crippen molar-refractivity contribution in [2.24, 2.45) is 0 Å². The number of alkyl halides is 2. The molecule has 0 heterocycles. The molecule has 1 aromatic rings. The van der Waals surface area contributed by atoms with Gasteiger partial charge in [0.15, 0.2) is 0 Å². The van der Waals surface area contributed by atoms with E-state index in [1.165, 1.54) is 6.07 Å². The molecule has 0 saturated heterocycles. The van der Waals surface area contributed by atoms with Gasteiger partial charge in [0.2, 0.25) is 0 Å². The van der Waals surface area contributed by atoms with Gasteiger partial charge in [-0.15, -0.1) is 0 Å². The first-order valence-electron chi connectivity index (χ1n) is 3.88. The first-order chi connectivity index (χ1) is 6.83. The van der Waals surface area contributed by atoms with Crippen LogP contribution in [-0.2, 0) is 10.7 Å². The molecule has 2 nitrogen and oxygen atoms in total. The molecule has 0 bridgehead atoms. The predicted octanol–water partition coefficient (Wildman–Crippen LogP) is 3.15. The van der Waals surface area contributed by atoms with Crippen LogP contribution in [0.1, 0.15) is 12.0 Å². The van der Waals surface area contributed by atoms with E-state index in [2.05, 4.69) is 15.9 Å². The zero-order chi connectivity index (χ0) is 11.6. The molecule has 0 aliphatic carbocycles. The van der Waals surface area contributed by atoms with Crippen LogP contribution in [0.15, 0.2) is 22.7 Å². The lowest BCUT2D eigenvalue weighted by atomic mass is 10.1. The molecule has 0 unspecified atom stereocenters. The Labute approximate surface area is 91.8 Å². The van der Waals surface area contributed by atoms with Gasteiger partial charge in [-0.2, -0.15) is 0 Å². The quantitative estimate of drug-likeness (QED) is 0.925. The fraction of sp³-hybridized carbons (Fsp3) is 0.222. The van der Waals surface area contributed by atoms with Crippen LogP contribution in [0.25, 0.3) is 0 Å². The van der Waals surface area contributed by atoms with Crippen LogP contribution in [0.5, 0.6) is 0 Å².